The molecule has 1 atom stereocenters. The van der Waals surface area contributed by atoms with E-state index in [-0.39, 0.29) is 5.56 Å². The lowest BCUT2D eigenvalue weighted by Crippen LogP contribution is -2.31. The average molecular weight is 461 g/mol. The summed E-state index contributed by atoms with van der Waals surface area (Å²) >= 11 is 1.55. The van der Waals surface area contributed by atoms with Crippen LogP contribution in [0, 0.1) is 6.92 Å². The molecular weight excluding hydrogens is 442 g/mol. The first kappa shape index (κ1) is 20.9. The molecule has 0 aliphatic carbocycles. The van der Waals surface area contributed by atoms with Crippen molar-refractivity contribution >= 4 is 28.9 Å². The highest BCUT2D eigenvalue weighted by Crippen LogP contribution is 2.34. The lowest BCUT2D eigenvalue weighted by atomic mass is 10.1. The summed E-state index contributed by atoms with van der Waals surface area (Å²) in [6.45, 7) is 1.15. The fourth-order valence-corrected chi connectivity index (χ4v) is 4.43. The minimum Gasteiger partial charge on any atom is -0.467 e. The quantitative estimate of drug-likeness (QED) is 0.381. The topological polar surface area (TPSA) is 98.1 Å². The van der Waals surface area contributed by atoms with Gasteiger partial charge in [-0.05, 0) is 30.5 Å². The molecule has 1 aliphatic rings. The Balaban J connectivity index is 1.34. The molecule has 1 unspecified atom stereocenters. The maximum atomic E-state index is 13.0. The predicted molar refractivity (Wildman–Crippen MR) is 121 cm³/mol. The van der Waals surface area contributed by atoms with Gasteiger partial charge in [0, 0.05) is 12.0 Å². The van der Waals surface area contributed by atoms with E-state index in [4.69, 9.17) is 13.7 Å². The van der Waals surface area contributed by atoms with Gasteiger partial charge >= 0.3 is 5.97 Å². The molecule has 5 rings (SSSR count). The summed E-state index contributed by atoms with van der Waals surface area (Å²) in [4.78, 5) is 26.9. The fraction of sp³-hybridized carbons (Fsp3) is 0.167. The lowest BCUT2D eigenvalue weighted by Gasteiger charge is -2.19. The number of rotatable bonds is 6. The van der Waals surface area contributed by atoms with Crippen molar-refractivity contribution in [2.75, 3.05) is 6.61 Å². The van der Waals surface area contributed by atoms with Gasteiger partial charge in [0.1, 0.15) is 28.8 Å². The third kappa shape index (κ3) is 4.10. The zero-order valence-electron chi connectivity index (χ0n) is 17.6. The summed E-state index contributed by atoms with van der Waals surface area (Å²) in [5, 5.41) is 11.8. The van der Waals surface area contributed by atoms with Crippen LogP contribution in [0.3, 0.4) is 0 Å². The minimum atomic E-state index is -0.683. The van der Waals surface area contributed by atoms with Crippen LogP contribution in [0.25, 0.3) is 11.3 Å². The van der Waals surface area contributed by atoms with Crippen molar-refractivity contribution in [3.63, 3.8) is 0 Å². The number of carbonyl (C=O) groups is 2. The van der Waals surface area contributed by atoms with Gasteiger partial charge in [0.2, 0.25) is 0 Å². The van der Waals surface area contributed by atoms with Crippen LogP contribution in [-0.2, 0) is 9.53 Å². The van der Waals surface area contributed by atoms with Crippen molar-refractivity contribution in [1.82, 2.24) is 10.2 Å². The maximum Gasteiger partial charge on any atom is 0.344 e. The highest BCUT2D eigenvalue weighted by Gasteiger charge is 2.36. The molecule has 3 aromatic heterocycles. The van der Waals surface area contributed by atoms with E-state index < -0.39 is 24.5 Å². The first-order chi connectivity index (χ1) is 16.1. The Morgan fingerprint density at radius 3 is 2.73 bits per heavy atom. The second-order valence-corrected chi connectivity index (χ2v) is 8.35. The Kier molecular flexibility index (Phi) is 5.62. The molecule has 0 saturated heterocycles. The molecular formula is C24H19N3O5S. The Bertz CT molecular complexity index is 1290. The monoisotopic (exact) mass is 461 g/mol. The molecule has 1 amide bonds. The molecule has 0 N–H and O–H groups in total. The van der Waals surface area contributed by atoms with Gasteiger partial charge in [-0.15, -0.1) is 11.3 Å². The third-order valence-electron chi connectivity index (χ3n) is 5.28. The van der Waals surface area contributed by atoms with E-state index in [1.807, 2.05) is 47.8 Å². The summed E-state index contributed by atoms with van der Waals surface area (Å²) in [7, 11) is 0. The number of thiophene rings is 1. The Hall–Kier alpha value is -3.98. The predicted octanol–water partition coefficient (Wildman–Crippen LogP) is 4.84. The summed E-state index contributed by atoms with van der Waals surface area (Å²) in [6, 6.07) is 16.2. The van der Waals surface area contributed by atoms with Crippen molar-refractivity contribution in [3.05, 3.63) is 88.2 Å². The molecule has 166 valence electrons. The number of benzene rings is 1. The van der Waals surface area contributed by atoms with Crippen LogP contribution in [0.1, 0.15) is 39.2 Å². The van der Waals surface area contributed by atoms with E-state index in [9.17, 15) is 9.59 Å². The number of hydrazone groups is 1. The van der Waals surface area contributed by atoms with Crippen LogP contribution in [0.5, 0.6) is 0 Å². The number of esters is 1. The van der Waals surface area contributed by atoms with Gasteiger partial charge in [-0.1, -0.05) is 41.6 Å². The molecule has 0 bridgehead atoms. The number of aryl methyl sites for hydroxylation is 1. The molecule has 4 heterocycles. The van der Waals surface area contributed by atoms with Crippen LogP contribution in [0.4, 0.5) is 0 Å². The number of hydrogen-bond donors (Lipinski definition) is 0. The fourth-order valence-electron chi connectivity index (χ4n) is 3.71. The number of aromatic nitrogens is 1. The van der Waals surface area contributed by atoms with Crippen LogP contribution in [0.2, 0.25) is 0 Å². The number of hydrogen-bond acceptors (Lipinski definition) is 8. The van der Waals surface area contributed by atoms with Crippen molar-refractivity contribution < 1.29 is 23.3 Å². The van der Waals surface area contributed by atoms with Gasteiger partial charge < -0.3 is 13.7 Å². The van der Waals surface area contributed by atoms with Crippen LogP contribution < -0.4 is 0 Å². The normalized spacial score (nSPS) is 15.5. The van der Waals surface area contributed by atoms with Crippen molar-refractivity contribution in [2.24, 2.45) is 5.10 Å². The highest BCUT2D eigenvalue weighted by atomic mass is 32.1. The van der Waals surface area contributed by atoms with Crippen LogP contribution in [0.15, 0.2) is 80.3 Å². The molecule has 8 nitrogen and oxygen atoms in total. The zero-order valence-corrected chi connectivity index (χ0v) is 18.5. The highest BCUT2D eigenvalue weighted by molar-refractivity contribution is 7.12. The van der Waals surface area contributed by atoms with E-state index in [2.05, 4.69) is 10.3 Å². The Morgan fingerprint density at radius 2 is 2.00 bits per heavy atom. The summed E-state index contributed by atoms with van der Waals surface area (Å²) in [5.74, 6) is -0.200. The van der Waals surface area contributed by atoms with Gasteiger partial charge in [0.05, 0.1) is 16.9 Å². The number of carbonyl (C=O) groups excluding carboxylic acids is 2. The summed E-state index contributed by atoms with van der Waals surface area (Å²) in [6.07, 6.45) is 2.07. The summed E-state index contributed by atoms with van der Waals surface area (Å²) < 4.78 is 16.1. The lowest BCUT2D eigenvalue weighted by molar-refractivity contribution is -0.136. The second-order valence-electron chi connectivity index (χ2n) is 7.40. The van der Waals surface area contributed by atoms with Gasteiger partial charge in [0.15, 0.2) is 6.61 Å². The minimum absolute atomic E-state index is 0.195. The number of furan rings is 1. The maximum absolute atomic E-state index is 13.0. The standard InChI is InChI=1S/C24H19N3O5S/c1-15-22(23(26-32-15)16-7-3-2-4-8-16)24(29)31-14-21(28)27-18(19-9-5-11-30-19)13-17(25-27)20-10-6-12-33-20/h2-12,18H,13-14H2,1H3. The molecule has 0 saturated carbocycles. The number of amides is 1. The van der Waals surface area contributed by atoms with E-state index >= 15 is 0 Å². The van der Waals surface area contributed by atoms with E-state index in [0.29, 0.717) is 23.6 Å². The van der Waals surface area contributed by atoms with Crippen LogP contribution in [-0.4, -0.2) is 34.4 Å². The van der Waals surface area contributed by atoms with Gasteiger partial charge in [-0.3, -0.25) is 4.79 Å². The molecule has 1 aliphatic heterocycles. The first-order valence-corrected chi connectivity index (χ1v) is 11.2. The molecule has 0 radical (unpaired) electrons. The van der Waals surface area contributed by atoms with Gasteiger partial charge in [-0.2, -0.15) is 5.10 Å². The molecule has 0 fully saturated rings. The van der Waals surface area contributed by atoms with Crippen LogP contribution >= 0.6 is 11.3 Å². The molecule has 9 heteroatoms. The smallest absolute Gasteiger partial charge is 0.344 e. The number of nitrogens with zero attached hydrogens (tertiary/aromatic N) is 3. The van der Waals surface area contributed by atoms with Crippen molar-refractivity contribution in [2.45, 2.75) is 19.4 Å². The third-order valence-corrected chi connectivity index (χ3v) is 6.20. The van der Waals surface area contributed by atoms with E-state index in [0.717, 1.165) is 16.2 Å². The molecule has 0 spiro atoms. The van der Waals surface area contributed by atoms with E-state index in [1.54, 1.807) is 36.7 Å². The molecule has 4 aromatic rings. The van der Waals surface area contributed by atoms with Gasteiger partial charge in [-0.25, -0.2) is 9.80 Å². The SMILES string of the molecule is Cc1onc(-c2ccccc2)c1C(=O)OCC(=O)N1N=C(c2cccs2)CC1c1ccco1. The number of ether oxygens (including phenoxy) is 1. The summed E-state index contributed by atoms with van der Waals surface area (Å²) in [5.41, 5.74) is 2.07. The Morgan fingerprint density at radius 1 is 1.15 bits per heavy atom. The molecule has 33 heavy (non-hydrogen) atoms. The zero-order chi connectivity index (χ0) is 22.8. The van der Waals surface area contributed by atoms with Gasteiger partial charge in [0.25, 0.3) is 5.91 Å². The van der Waals surface area contributed by atoms with E-state index in [1.165, 1.54) is 5.01 Å². The Labute approximate surface area is 193 Å². The molecule has 1 aromatic carbocycles. The largest absolute Gasteiger partial charge is 0.467 e. The average Bonchev–Trinajstić information content (AvgIpc) is 3.63. The van der Waals surface area contributed by atoms with Crippen molar-refractivity contribution in [1.29, 1.82) is 0 Å². The second kappa shape index (κ2) is 8.87. The van der Waals surface area contributed by atoms with Crippen molar-refractivity contribution in [3.8, 4) is 11.3 Å². The first-order valence-electron chi connectivity index (χ1n) is 10.3.